The van der Waals surface area contributed by atoms with Crippen molar-refractivity contribution in [1.82, 2.24) is 10.2 Å². The Labute approximate surface area is 88.8 Å². The third-order valence-electron chi connectivity index (χ3n) is 2.33. The second kappa shape index (κ2) is 5.38. The molecule has 0 aromatic carbocycles. The van der Waals surface area contributed by atoms with Crippen LogP contribution in [0.4, 0.5) is 4.79 Å². The largest absolute Gasteiger partial charge is 0.481 e. The van der Waals surface area contributed by atoms with Gasteiger partial charge in [0.05, 0.1) is 6.42 Å². The summed E-state index contributed by atoms with van der Waals surface area (Å²) in [6.07, 6.45) is 2.64. The fraction of sp³-hybridized carbons (Fsp3) is 0.600. The first-order chi connectivity index (χ1) is 7.13. The summed E-state index contributed by atoms with van der Waals surface area (Å²) < 4.78 is 0. The number of carboxylic acids is 1. The maximum Gasteiger partial charge on any atom is 0.317 e. The van der Waals surface area contributed by atoms with E-state index < -0.39 is 5.97 Å². The number of amides is 2. The van der Waals surface area contributed by atoms with Gasteiger partial charge in [0.25, 0.3) is 0 Å². The Morgan fingerprint density at radius 2 is 2.20 bits per heavy atom. The first-order valence-corrected chi connectivity index (χ1v) is 4.99. The molecular formula is C10H16N2O3. The van der Waals surface area contributed by atoms with Crippen molar-refractivity contribution >= 4 is 12.0 Å². The van der Waals surface area contributed by atoms with Gasteiger partial charge in [0.2, 0.25) is 0 Å². The van der Waals surface area contributed by atoms with Crippen molar-refractivity contribution in [1.29, 1.82) is 0 Å². The average Bonchev–Trinajstić information content (AvgIpc) is 2.10. The van der Waals surface area contributed by atoms with Gasteiger partial charge in [-0.2, -0.15) is 0 Å². The van der Waals surface area contributed by atoms with Gasteiger partial charge in [-0.1, -0.05) is 6.08 Å². The highest BCUT2D eigenvalue weighted by molar-refractivity contribution is 5.75. The quantitative estimate of drug-likeness (QED) is 0.520. The number of carbonyl (C=O) groups excluding carboxylic acids is 1. The number of rotatable bonds is 5. The zero-order valence-corrected chi connectivity index (χ0v) is 8.61. The van der Waals surface area contributed by atoms with E-state index in [1.807, 2.05) is 0 Å². The standard InChI is InChI=1S/C10H16N2O3/c1-2-3-4-11-10(15)12-6-8(7-12)5-9(13)14/h2,8H,1,3-7H2,(H,11,15)(H,13,14). The van der Waals surface area contributed by atoms with Crippen LogP contribution in [0.5, 0.6) is 0 Å². The minimum Gasteiger partial charge on any atom is -0.481 e. The third-order valence-corrected chi connectivity index (χ3v) is 2.33. The van der Waals surface area contributed by atoms with Crippen LogP contribution in [0.2, 0.25) is 0 Å². The Morgan fingerprint density at radius 3 is 2.73 bits per heavy atom. The van der Waals surface area contributed by atoms with Crippen LogP contribution in [0.1, 0.15) is 12.8 Å². The van der Waals surface area contributed by atoms with E-state index in [0.717, 1.165) is 6.42 Å². The maximum atomic E-state index is 11.4. The Bertz CT molecular complexity index is 259. The number of hydrogen-bond acceptors (Lipinski definition) is 2. The molecule has 1 heterocycles. The molecule has 1 fully saturated rings. The van der Waals surface area contributed by atoms with Gasteiger partial charge in [0.1, 0.15) is 0 Å². The summed E-state index contributed by atoms with van der Waals surface area (Å²) in [6, 6.07) is -0.113. The zero-order chi connectivity index (χ0) is 11.3. The van der Waals surface area contributed by atoms with Crippen molar-refractivity contribution in [2.75, 3.05) is 19.6 Å². The van der Waals surface area contributed by atoms with E-state index in [-0.39, 0.29) is 18.4 Å². The summed E-state index contributed by atoms with van der Waals surface area (Å²) in [4.78, 5) is 23.3. The SMILES string of the molecule is C=CCCNC(=O)N1CC(CC(=O)O)C1. The van der Waals surface area contributed by atoms with Gasteiger partial charge < -0.3 is 15.3 Å². The molecule has 0 radical (unpaired) electrons. The number of aliphatic carboxylic acids is 1. The van der Waals surface area contributed by atoms with Crippen molar-refractivity contribution in [3.05, 3.63) is 12.7 Å². The number of carbonyl (C=O) groups is 2. The molecule has 15 heavy (non-hydrogen) atoms. The molecule has 1 aliphatic rings. The van der Waals surface area contributed by atoms with Gasteiger partial charge in [-0.3, -0.25) is 4.79 Å². The van der Waals surface area contributed by atoms with Gasteiger partial charge in [-0.05, 0) is 6.42 Å². The van der Waals surface area contributed by atoms with Crippen LogP contribution in [-0.2, 0) is 4.79 Å². The second-order valence-corrected chi connectivity index (χ2v) is 3.68. The molecule has 0 spiro atoms. The minimum atomic E-state index is -0.799. The van der Waals surface area contributed by atoms with Crippen molar-refractivity contribution in [3.63, 3.8) is 0 Å². The molecule has 5 nitrogen and oxygen atoms in total. The first-order valence-electron chi connectivity index (χ1n) is 4.99. The van der Waals surface area contributed by atoms with Crippen LogP contribution in [0, 0.1) is 5.92 Å². The van der Waals surface area contributed by atoms with Crippen LogP contribution >= 0.6 is 0 Å². The Hall–Kier alpha value is -1.52. The van der Waals surface area contributed by atoms with E-state index in [0.29, 0.717) is 19.6 Å². The van der Waals surface area contributed by atoms with Gasteiger partial charge in [0, 0.05) is 25.6 Å². The van der Waals surface area contributed by atoms with Crippen molar-refractivity contribution in [2.24, 2.45) is 5.92 Å². The maximum absolute atomic E-state index is 11.4. The fourth-order valence-electron chi connectivity index (χ4n) is 1.50. The molecule has 0 aliphatic carbocycles. The molecule has 0 bridgehead atoms. The Kier molecular flexibility index (Phi) is 4.15. The first kappa shape index (κ1) is 11.6. The number of carboxylic acid groups (broad SMARTS) is 1. The van der Waals surface area contributed by atoms with Crippen LogP contribution in [0.15, 0.2) is 12.7 Å². The van der Waals surface area contributed by atoms with Crippen molar-refractivity contribution in [3.8, 4) is 0 Å². The summed E-state index contributed by atoms with van der Waals surface area (Å²) in [5, 5.41) is 11.2. The highest BCUT2D eigenvalue weighted by Gasteiger charge is 2.31. The lowest BCUT2D eigenvalue weighted by Gasteiger charge is -2.38. The Morgan fingerprint density at radius 1 is 1.53 bits per heavy atom. The molecule has 1 rings (SSSR count). The monoisotopic (exact) mass is 212 g/mol. The van der Waals surface area contributed by atoms with E-state index >= 15 is 0 Å². The minimum absolute atomic E-state index is 0.113. The number of nitrogens with one attached hydrogen (secondary N) is 1. The van der Waals surface area contributed by atoms with Crippen LogP contribution in [0.3, 0.4) is 0 Å². The van der Waals surface area contributed by atoms with E-state index in [9.17, 15) is 9.59 Å². The van der Waals surface area contributed by atoms with E-state index in [1.54, 1.807) is 11.0 Å². The summed E-state index contributed by atoms with van der Waals surface area (Å²) >= 11 is 0. The van der Waals surface area contributed by atoms with E-state index in [1.165, 1.54) is 0 Å². The summed E-state index contributed by atoms with van der Waals surface area (Å²) in [5.74, 6) is -0.681. The molecule has 0 unspecified atom stereocenters. The van der Waals surface area contributed by atoms with Crippen molar-refractivity contribution < 1.29 is 14.7 Å². The summed E-state index contributed by atoms with van der Waals surface area (Å²) in [7, 11) is 0. The number of urea groups is 1. The molecule has 0 aromatic rings. The summed E-state index contributed by atoms with van der Waals surface area (Å²) in [6.45, 7) is 5.23. The molecule has 1 saturated heterocycles. The molecule has 5 heteroatoms. The zero-order valence-electron chi connectivity index (χ0n) is 8.61. The number of hydrogen-bond donors (Lipinski definition) is 2. The third kappa shape index (κ3) is 3.61. The molecule has 0 aromatic heterocycles. The lowest BCUT2D eigenvalue weighted by Crippen LogP contribution is -2.54. The number of likely N-dealkylation sites (tertiary alicyclic amines) is 1. The lowest BCUT2D eigenvalue weighted by atomic mass is 9.97. The normalized spacial score (nSPS) is 15.6. The highest BCUT2D eigenvalue weighted by atomic mass is 16.4. The van der Waals surface area contributed by atoms with Gasteiger partial charge in [-0.25, -0.2) is 4.79 Å². The highest BCUT2D eigenvalue weighted by Crippen LogP contribution is 2.18. The van der Waals surface area contributed by atoms with Gasteiger partial charge in [-0.15, -0.1) is 6.58 Å². The molecule has 2 amide bonds. The van der Waals surface area contributed by atoms with Crippen LogP contribution in [-0.4, -0.2) is 41.6 Å². The molecule has 2 N–H and O–H groups in total. The average molecular weight is 212 g/mol. The molecule has 84 valence electrons. The van der Waals surface area contributed by atoms with Crippen molar-refractivity contribution in [2.45, 2.75) is 12.8 Å². The molecule has 0 atom stereocenters. The van der Waals surface area contributed by atoms with Gasteiger partial charge in [0.15, 0.2) is 0 Å². The van der Waals surface area contributed by atoms with Crippen LogP contribution in [0.25, 0.3) is 0 Å². The number of nitrogens with zero attached hydrogens (tertiary/aromatic N) is 1. The molecule has 1 aliphatic heterocycles. The Balaban J connectivity index is 2.12. The lowest BCUT2D eigenvalue weighted by molar-refractivity contribution is -0.139. The second-order valence-electron chi connectivity index (χ2n) is 3.68. The van der Waals surface area contributed by atoms with Gasteiger partial charge >= 0.3 is 12.0 Å². The fourth-order valence-corrected chi connectivity index (χ4v) is 1.50. The topological polar surface area (TPSA) is 69.6 Å². The smallest absolute Gasteiger partial charge is 0.317 e. The predicted molar refractivity (Wildman–Crippen MR) is 55.5 cm³/mol. The molecule has 0 saturated carbocycles. The van der Waals surface area contributed by atoms with E-state index in [2.05, 4.69) is 11.9 Å². The predicted octanol–water partition coefficient (Wildman–Crippen LogP) is 0.679. The molecular weight excluding hydrogens is 196 g/mol. The van der Waals surface area contributed by atoms with E-state index in [4.69, 9.17) is 5.11 Å². The summed E-state index contributed by atoms with van der Waals surface area (Å²) in [5.41, 5.74) is 0. The van der Waals surface area contributed by atoms with Crippen LogP contribution < -0.4 is 5.32 Å².